The van der Waals surface area contributed by atoms with Crippen molar-refractivity contribution < 1.29 is 9.53 Å². The molecule has 1 aliphatic heterocycles. The average Bonchev–Trinajstić information content (AvgIpc) is 2.98. The molecule has 0 radical (unpaired) electrons. The predicted octanol–water partition coefficient (Wildman–Crippen LogP) is 3.57. The van der Waals surface area contributed by atoms with Crippen LogP contribution in [-0.2, 0) is 14.9 Å². The zero-order valence-electron chi connectivity index (χ0n) is 15.9. The lowest BCUT2D eigenvalue weighted by Gasteiger charge is -2.36. The summed E-state index contributed by atoms with van der Waals surface area (Å²) in [6.07, 6.45) is 2.79. The summed E-state index contributed by atoms with van der Waals surface area (Å²) in [5, 5.41) is 3.97. The van der Waals surface area contributed by atoms with Crippen molar-refractivity contribution >= 4 is 22.8 Å². The minimum atomic E-state index is -0.609. The van der Waals surface area contributed by atoms with Gasteiger partial charge < -0.3 is 15.0 Å². The summed E-state index contributed by atoms with van der Waals surface area (Å²) in [5.41, 5.74) is 4.42. The van der Waals surface area contributed by atoms with Crippen LogP contribution in [-0.4, -0.2) is 34.1 Å². The number of rotatable bonds is 3. The van der Waals surface area contributed by atoms with Gasteiger partial charge in [-0.1, -0.05) is 29.8 Å². The Balaban J connectivity index is 1.74. The van der Waals surface area contributed by atoms with Gasteiger partial charge in [-0.25, -0.2) is 9.97 Å². The molecule has 0 saturated carbocycles. The van der Waals surface area contributed by atoms with Gasteiger partial charge in [0.05, 0.1) is 10.8 Å². The fourth-order valence-electron chi connectivity index (χ4n) is 3.86. The summed E-state index contributed by atoms with van der Waals surface area (Å²) in [7, 11) is 0. The second-order valence-electron chi connectivity index (χ2n) is 7.34. The van der Waals surface area contributed by atoms with Crippen LogP contribution >= 0.6 is 0 Å². The van der Waals surface area contributed by atoms with Crippen molar-refractivity contribution in [1.29, 1.82) is 0 Å². The number of hydrogen-bond donors (Lipinski definition) is 2. The van der Waals surface area contributed by atoms with Crippen LogP contribution in [0.3, 0.4) is 0 Å². The van der Waals surface area contributed by atoms with E-state index in [1.807, 2.05) is 13.8 Å². The van der Waals surface area contributed by atoms with Gasteiger partial charge in [0, 0.05) is 18.9 Å². The SMILES string of the molecule is Cc1ccc(C2(C(=O)Nc3ncnc4[nH]c(C)c(C)c34)CCOCC2)cc1. The van der Waals surface area contributed by atoms with Gasteiger partial charge >= 0.3 is 0 Å². The van der Waals surface area contributed by atoms with Crippen molar-refractivity contribution in [3.63, 3.8) is 0 Å². The number of fused-ring (bicyclic) bond motifs is 1. The first-order chi connectivity index (χ1) is 13.0. The van der Waals surface area contributed by atoms with Gasteiger partial charge in [0.2, 0.25) is 5.91 Å². The molecular weight excluding hydrogens is 340 g/mol. The van der Waals surface area contributed by atoms with Gasteiger partial charge in [0.25, 0.3) is 0 Å². The predicted molar refractivity (Wildman–Crippen MR) is 105 cm³/mol. The van der Waals surface area contributed by atoms with Crippen LogP contribution in [0.25, 0.3) is 11.0 Å². The van der Waals surface area contributed by atoms with E-state index < -0.39 is 5.41 Å². The van der Waals surface area contributed by atoms with Crippen molar-refractivity contribution in [2.75, 3.05) is 18.5 Å². The fourth-order valence-corrected chi connectivity index (χ4v) is 3.86. The molecule has 140 valence electrons. The highest BCUT2D eigenvalue weighted by Gasteiger charge is 2.42. The maximum Gasteiger partial charge on any atom is 0.236 e. The number of nitrogens with zero attached hydrogens (tertiary/aromatic N) is 2. The van der Waals surface area contributed by atoms with Crippen molar-refractivity contribution in [1.82, 2.24) is 15.0 Å². The molecule has 2 aromatic heterocycles. The minimum absolute atomic E-state index is 0.0343. The molecule has 1 aromatic carbocycles. The summed E-state index contributed by atoms with van der Waals surface area (Å²) in [4.78, 5) is 25.4. The van der Waals surface area contributed by atoms with Crippen LogP contribution in [0.15, 0.2) is 30.6 Å². The number of carbonyl (C=O) groups is 1. The van der Waals surface area contributed by atoms with E-state index in [1.165, 1.54) is 11.9 Å². The van der Waals surface area contributed by atoms with Gasteiger partial charge in [-0.3, -0.25) is 4.79 Å². The number of carbonyl (C=O) groups excluding carboxylic acids is 1. The van der Waals surface area contributed by atoms with Gasteiger partial charge in [-0.15, -0.1) is 0 Å². The highest BCUT2D eigenvalue weighted by atomic mass is 16.5. The van der Waals surface area contributed by atoms with E-state index >= 15 is 0 Å². The van der Waals surface area contributed by atoms with Crippen LogP contribution in [0.2, 0.25) is 0 Å². The number of aromatic nitrogens is 3. The number of hydrogen-bond acceptors (Lipinski definition) is 4. The van der Waals surface area contributed by atoms with Crippen LogP contribution < -0.4 is 5.32 Å². The quantitative estimate of drug-likeness (QED) is 0.744. The van der Waals surface area contributed by atoms with E-state index in [0.29, 0.717) is 31.9 Å². The largest absolute Gasteiger partial charge is 0.381 e. The first-order valence-corrected chi connectivity index (χ1v) is 9.27. The third-order valence-corrected chi connectivity index (χ3v) is 5.71. The second kappa shape index (κ2) is 6.78. The molecule has 27 heavy (non-hydrogen) atoms. The van der Waals surface area contributed by atoms with Gasteiger partial charge in [-0.05, 0) is 44.7 Å². The molecule has 0 atom stereocenters. The summed E-state index contributed by atoms with van der Waals surface area (Å²) in [6, 6.07) is 8.23. The molecule has 2 N–H and O–H groups in total. The zero-order chi connectivity index (χ0) is 19.0. The highest BCUT2D eigenvalue weighted by molar-refractivity contribution is 6.04. The van der Waals surface area contributed by atoms with E-state index in [1.54, 1.807) is 0 Å². The van der Waals surface area contributed by atoms with Crippen LogP contribution in [0.1, 0.15) is 35.2 Å². The number of benzene rings is 1. The van der Waals surface area contributed by atoms with Crippen molar-refractivity contribution in [2.24, 2.45) is 0 Å². The number of aryl methyl sites for hydroxylation is 3. The van der Waals surface area contributed by atoms with E-state index in [-0.39, 0.29) is 5.91 Å². The average molecular weight is 364 g/mol. The Hall–Kier alpha value is -2.73. The number of aromatic amines is 1. The van der Waals surface area contributed by atoms with E-state index in [0.717, 1.165) is 27.9 Å². The van der Waals surface area contributed by atoms with Gasteiger partial charge in [-0.2, -0.15) is 0 Å². The molecular formula is C21H24N4O2. The van der Waals surface area contributed by atoms with Gasteiger partial charge in [0.1, 0.15) is 17.8 Å². The molecule has 4 rings (SSSR count). The molecule has 1 saturated heterocycles. The Morgan fingerprint density at radius 3 is 2.52 bits per heavy atom. The number of H-pyrrole nitrogens is 1. The summed E-state index contributed by atoms with van der Waals surface area (Å²) >= 11 is 0. The first-order valence-electron chi connectivity index (χ1n) is 9.27. The summed E-state index contributed by atoms with van der Waals surface area (Å²) in [5.74, 6) is 0.526. The molecule has 6 nitrogen and oxygen atoms in total. The topological polar surface area (TPSA) is 79.9 Å². The lowest BCUT2D eigenvalue weighted by molar-refractivity contribution is -0.125. The first kappa shape index (κ1) is 17.7. The molecule has 3 heterocycles. The van der Waals surface area contributed by atoms with Crippen molar-refractivity contribution in [3.8, 4) is 0 Å². The Labute approximate surface area is 158 Å². The minimum Gasteiger partial charge on any atom is -0.381 e. The molecule has 0 spiro atoms. The third-order valence-electron chi connectivity index (χ3n) is 5.71. The molecule has 1 fully saturated rings. The molecule has 6 heteroatoms. The Morgan fingerprint density at radius 2 is 1.81 bits per heavy atom. The Bertz CT molecular complexity index is 985. The number of nitrogens with one attached hydrogen (secondary N) is 2. The van der Waals surface area contributed by atoms with Gasteiger partial charge in [0.15, 0.2) is 0 Å². The monoisotopic (exact) mass is 364 g/mol. The Morgan fingerprint density at radius 1 is 1.11 bits per heavy atom. The maximum atomic E-state index is 13.5. The highest BCUT2D eigenvalue weighted by Crippen LogP contribution is 2.37. The van der Waals surface area contributed by atoms with Crippen LogP contribution in [0, 0.1) is 20.8 Å². The van der Waals surface area contributed by atoms with E-state index in [9.17, 15) is 4.79 Å². The standard InChI is InChI=1S/C21H24N4O2/c1-13-4-6-16(7-5-13)21(8-10-27-11-9-21)20(26)25-19-17-14(2)15(3)24-18(17)22-12-23-19/h4-7,12H,8-11H2,1-3H3,(H2,22,23,24,25,26). The molecule has 0 bridgehead atoms. The number of anilines is 1. The molecule has 0 aliphatic carbocycles. The zero-order valence-corrected chi connectivity index (χ0v) is 15.9. The lowest BCUT2D eigenvalue weighted by atomic mass is 9.73. The smallest absolute Gasteiger partial charge is 0.236 e. The third kappa shape index (κ3) is 3.00. The lowest BCUT2D eigenvalue weighted by Crippen LogP contribution is -2.45. The second-order valence-corrected chi connectivity index (χ2v) is 7.34. The van der Waals surface area contributed by atoms with Crippen molar-refractivity contribution in [3.05, 3.63) is 53.0 Å². The van der Waals surface area contributed by atoms with Crippen LogP contribution in [0.4, 0.5) is 5.82 Å². The molecule has 1 aliphatic rings. The Kier molecular flexibility index (Phi) is 4.44. The summed E-state index contributed by atoms with van der Waals surface area (Å²) < 4.78 is 5.55. The maximum absolute atomic E-state index is 13.5. The van der Waals surface area contributed by atoms with E-state index in [4.69, 9.17) is 4.74 Å². The number of amides is 1. The fraction of sp³-hybridized carbons (Fsp3) is 0.381. The molecule has 1 amide bonds. The normalized spacial score (nSPS) is 16.4. The number of ether oxygens (including phenoxy) is 1. The molecule has 3 aromatic rings. The molecule has 0 unspecified atom stereocenters. The van der Waals surface area contributed by atoms with Crippen LogP contribution in [0.5, 0.6) is 0 Å². The summed E-state index contributed by atoms with van der Waals surface area (Å²) in [6.45, 7) is 7.20. The van der Waals surface area contributed by atoms with E-state index in [2.05, 4.69) is 51.5 Å². The van der Waals surface area contributed by atoms with Crippen molar-refractivity contribution in [2.45, 2.75) is 39.0 Å².